The van der Waals surface area contributed by atoms with E-state index in [4.69, 9.17) is 5.73 Å². The van der Waals surface area contributed by atoms with Gasteiger partial charge in [-0.25, -0.2) is 13.4 Å². The lowest BCUT2D eigenvalue weighted by atomic mass is 10.3. The van der Waals surface area contributed by atoms with Gasteiger partial charge in [-0.05, 0) is 30.0 Å². The van der Waals surface area contributed by atoms with Gasteiger partial charge in [0.05, 0.1) is 4.90 Å². The molecule has 2 N–H and O–H groups in total. The fraction of sp³-hybridized carbons (Fsp3) is 0.182. The minimum atomic E-state index is -3.22. The highest BCUT2D eigenvalue weighted by Gasteiger charge is 2.11. The van der Waals surface area contributed by atoms with E-state index in [1.54, 1.807) is 18.3 Å². The van der Waals surface area contributed by atoms with Crippen molar-refractivity contribution < 1.29 is 8.42 Å². The van der Waals surface area contributed by atoms with E-state index >= 15 is 0 Å². The van der Waals surface area contributed by atoms with Crippen molar-refractivity contribution in [3.8, 4) is 0 Å². The van der Waals surface area contributed by atoms with E-state index in [-0.39, 0.29) is 4.90 Å². The number of anilines is 1. The van der Waals surface area contributed by atoms with Crippen molar-refractivity contribution >= 4 is 27.3 Å². The predicted octanol–water partition coefficient (Wildman–Crippen LogP) is 1.56. The molecular formula is C11H13N3O2S2. The second kappa shape index (κ2) is 4.66. The molecular weight excluding hydrogens is 270 g/mol. The van der Waals surface area contributed by atoms with Gasteiger partial charge in [0.25, 0.3) is 0 Å². The van der Waals surface area contributed by atoms with Crippen molar-refractivity contribution in [2.75, 3.05) is 12.0 Å². The van der Waals surface area contributed by atoms with Gasteiger partial charge in [-0.3, -0.25) is 0 Å². The largest absolute Gasteiger partial charge is 0.398 e. The highest BCUT2D eigenvalue weighted by Crippen LogP contribution is 2.32. The van der Waals surface area contributed by atoms with Crippen molar-refractivity contribution in [2.45, 2.75) is 14.9 Å². The van der Waals surface area contributed by atoms with E-state index in [0.29, 0.717) is 5.69 Å². The number of nitrogen functional groups attached to an aromatic ring is 1. The summed E-state index contributed by atoms with van der Waals surface area (Å²) >= 11 is 1.40. The summed E-state index contributed by atoms with van der Waals surface area (Å²) in [5.74, 6) is 0. The maximum Gasteiger partial charge on any atom is 0.175 e. The summed E-state index contributed by atoms with van der Waals surface area (Å²) in [6, 6.07) is 4.72. The van der Waals surface area contributed by atoms with Gasteiger partial charge in [0.2, 0.25) is 0 Å². The Balaban J connectivity index is 2.34. The average molecular weight is 283 g/mol. The molecule has 0 unspecified atom stereocenters. The minimum absolute atomic E-state index is 0.226. The maximum atomic E-state index is 11.4. The van der Waals surface area contributed by atoms with E-state index in [2.05, 4.69) is 4.98 Å². The van der Waals surface area contributed by atoms with Crippen LogP contribution in [0.3, 0.4) is 0 Å². The van der Waals surface area contributed by atoms with Crippen molar-refractivity contribution in [3.63, 3.8) is 0 Å². The van der Waals surface area contributed by atoms with Crippen LogP contribution in [0, 0.1) is 0 Å². The van der Waals surface area contributed by atoms with Crippen LogP contribution in [-0.4, -0.2) is 24.2 Å². The summed E-state index contributed by atoms with van der Waals surface area (Å²) < 4.78 is 24.6. The summed E-state index contributed by atoms with van der Waals surface area (Å²) in [5.41, 5.74) is 6.30. The molecule has 0 saturated carbocycles. The second-order valence-electron chi connectivity index (χ2n) is 3.89. The topological polar surface area (TPSA) is 78.0 Å². The van der Waals surface area contributed by atoms with Crippen LogP contribution in [0.25, 0.3) is 0 Å². The highest BCUT2D eigenvalue weighted by atomic mass is 32.2. The Morgan fingerprint density at radius 2 is 2.11 bits per heavy atom. The Kier molecular flexibility index (Phi) is 3.36. The Labute approximate surface area is 110 Å². The molecule has 0 amide bonds. The summed E-state index contributed by atoms with van der Waals surface area (Å²) in [6.07, 6.45) is 4.69. The first kappa shape index (κ1) is 13.0. The van der Waals surface area contributed by atoms with E-state index in [1.165, 1.54) is 17.8 Å². The van der Waals surface area contributed by atoms with Crippen LogP contribution in [-0.2, 0) is 16.9 Å². The van der Waals surface area contributed by atoms with Crippen LogP contribution in [0.1, 0.15) is 0 Å². The first-order chi connectivity index (χ1) is 8.38. The predicted molar refractivity (Wildman–Crippen MR) is 71.3 cm³/mol. The van der Waals surface area contributed by atoms with Gasteiger partial charge < -0.3 is 10.3 Å². The number of benzene rings is 1. The van der Waals surface area contributed by atoms with Crippen LogP contribution in [0.15, 0.2) is 45.5 Å². The molecule has 0 bridgehead atoms. The van der Waals surface area contributed by atoms with E-state index in [0.717, 1.165) is 16.3 Å². The van der Waals surface area contributed by atoms with Crippen LogP contribution in [0.4, 0.5) is 5.69 Å². The molecule has 2 aromatic rings. The lowest BCUT2D eigenvalue weighted by Gasteiger charge is -2.07. The maximum absolute atomic E-state index is 11.4. The first-order valence-electron chi connectivity index (χ1n) is 5.12. The molecule has 0 aliphatic rings. The molecule has 18 heavy (non-hydrogen) atoms. The number of nitrogens with two attached hydrogens (primary N) is 1. The average Bonchev–Trinajstić information content (AvgIpc) is 2.66. The molecule has 0 aliphatic carbocycles. The summed E-state index contributed by atoms with van der Waals surface area (Å²) in [4.78, 5) is 5.19. The normalized spacial score (nSPS) is 11.7. The Morgan fingerprint density at radius 3 is 2.61 bits per heavy atom. The molecule has 1 aromatic heterocycles. The molecule has 7 heteroatoms. The number of rotatable bonds is 3. The third-order valence-electron chi connectivity index (χ3n) is 2.39. The fourth-order valence-corrected chi connectivity index (χ4v) is 2.88. The van der Waals surface area contributed by atoms with Gasteiger partial charge in [-0.2, -0.15) is 0 Å². The zero-order chi connectivity index (χ0) is 13.3. The summed E-state index contributed by atoms with van der Waals surface area (Å²) in [7, 11) is -1.34. The Morgan fingerprint density at radius 1 is 1.39 bits per heavy atom. The number of aryl methyl sites for hydroxylation is 1. The molecule has 1 aromatic carbocycles. The van der Waals surface area contributed by atoms with E-state index in [1.807, 2.05) is 17.8 Å². The van der Waals surface area contributed by atoms with Gasteiger partial charge in [-0.15, -0.1) is 0 Å². The van der Waals surface area contributed by atoms with Crippen LogP contribution in [0.5, 0.6) is 0 Å². The van der Waals surface area contributed by atoms with Crippen LogP contribution in [0.2, 0.25) is 0 Å². The van der Waals surface area contributed by atoms with E-state index < -0.39 is 9.84 Å². The molecule has 96 valence electrons. The molecule has 1 heterocycles. The zero-order valence-corrected chi connectivity index (χ0v) is 11.6. The minimum Gasteiger partial charge on any atom is -0.398 e. The lowest BCUT2D eigenvalue weighted by Crippen LogP contribution is -1.99. The number of imidazole rings is 1. The number of hydrogen-bond acceptors (Lipinski definition) is 5. The summed E-state index contributed by atoms with van der Waals surface area (Å²) in [6.45, 7) is 0. The standard InChI is InChI=1S/C11H13N3O2S2/c1-14-6-5-13-11(14)17-10-4-3-8(7-9(10)12)18(2,15)16/h3-7H,12H2,1-2H3. The SMILES string of the molecule is Cn1ccnc1Sc1ccc(S(C)(=O)=O)cc1N. The van der Waals surface area contributed by atoms with Crippen molar-refractivity contribution in [1.29, 1.82) is 0 Å². The van der Waals surface area contributed by atoms with Crippen LogP contribution < -0.4 is 5.73 Å². The molecule has 0 atom stereocenters. The van der Waals surface area contributed by atoms with Gasteiger partial charge >= 0.3 is 0 Å². The Hall–Kier alpha value is -1.47. The second-order valence-corrected chi connectivity index (χ2v) is 6.92. The van der Waals surface area contributed by atoms with Gasteiger partial charge in [0.15, 0.2) is 15.0 Å². The van der Waals surface area contributed by atoms with Gasteiger partial charge in [0, 0.05) is 36.3 Å². The smallest absolute Gasteiger partial charge is 0.175 e. The lowest BCUT2D eigenvalue weighted by molar-refractivity contribution is 0.602. The molecule has 0 radical (unpaired) electrons. The van der Waals surface area contributed by atoms with Crippen molar-refractivity contribution in [3.05, 3.63) is 30.6 Å². The highest BCUT2D eigenvalue weighted by molar-refractivity contribution is 7.99. The molecule has 5 nitrogen and oxygen atoms in total. The number of sulfone groups is 1. The van der Waals surface area contributed by atoms with Gasteiger partial charge in [-0.1, -0.05) is 0 Å². The molecule has 0 spiro atoms. The quantitative estimate of drug-likeness (QED) is 0.865. The number of nitrogens with zero attached hydrogens (tertiary/aromatic N) is 2. The summed E-state index contributed by atoms with van der Waals surface area (Å²) in [5, 5.41) is 0.800. The first-order valence-corrected chi connectivity index (χ1v) is 7.83. The van der Waals surface area contributed by atoms with Crippen molar-refractivity contribution in [1.82, 2.24) is 9.55 Å². The molecule has 0 saturated heterocycles. The number of aromatic nitrogens is 2. The number of hydrogen-bond donors (Lipinski definition) is 1. The molecule has 2 rings (SSSR count). The molecule has 0 fully saturated rings. The monoisotopic (exact) mass is 283 g/mol. The third kappa shape index (κ3) is 2.68. The zero-order valence-electron chi connectivity index (χ0n) is 9.99. The van der Waals surface area contributed by atoms with Crippen LogP contribution >= 0.6 is 11.8 Å². The van der Waals surface area contributed by atoms with Gasteiger partial charge in [0.1, 0.15) is 0 Å². The fourth-order valence-electron chi connectivity index (χ4n) is 1.40. The van der Waals surface area contributed by atoms with Crippen molar-refractivity contribution in [2.24, 2.45) is 7.05 Å². The Bertz CT molecular complexity index is 677. The molecule has 0 aliphatic heterocycles. The third-order valence-corrected chi connectivity index (χ3v) is 4.67. The van der Waals surface area contributed by atoms with E-state index in [9.17, 15) is 8.42 Å².